The first-order chi connectivity index (χ1) is 9.50. The van der Waals surface area contributed by atoms with Crippen LogP contribution in [-0.2, 0) is 6.54 Å². The number of nitrogens with one attached hydrogen (secondary N) is 1. The van der Waals surface area contributed by atoms with Crippen molar-refractivity contribution in [3.05, 3.63) is 29.6 Å². The molecule has 0 saturated carbocycles. The van der Waals surface area contributed by atoms with Crippen LogP contribution in [0.1, 0.15) is 39.2 Å². The van der Waals surface area contributed by atoms with Gasteiger partial charge >= 0.3 is 0 Å². The number of halogens is 1. The van der Waals surface area contributed by atoms with Crippen molar-refractivity contribution in [2.24, 2.45) is 5.41 Å². The smallest absolute Gasteiger partial charge is 0.165 e. The van der Waals surface area contributed by atoms with Gasteiger partial charge < -0.3 is 10.1 Å². The summed E-state index contributed by atoms with van der Waals surface area (Å²) >= 11 is 0. The summed E-state index contributed by atoms with van der Waals surface area (Å²) in [5, 5.41) is 12.2. The van der Waals surface area contributed by atoms with Crippen LogP contribution >= 0.6 is 0 Å². The van der Waals surface area contributed by atoms with Crippen molar-refractivity contribution in [2.75, 3.05) is 13.2 Å². The van der Waals surface area contributed by atoms with E-state index >= 15 is 0 Å². The number of hydrogen-bond donors (Lipinski definition) is 1. The highest BCUT2D eigenvalue weighted by Gasteiger charge is 2.17. The fourth-order valence-electron chi connectivity index (χ4n) is 1.72. The molecule has 110 valence electrons. The predicted octanol–water partition coefficient (Wildman–Crippen LogP) is 3.64. The summed E-state index contributed by atoms with van der Waals surface area (Å²) in [5.74, 6) is -0.0552. The largest absolute Gasteiger partial charge is 0.490 e. The molecular weight excluding hydrogens is 255 g/mol. The molecule has 0 atom stereocenters. The normalized spacial score (nSPS) is 11.2. The standard InChI is InChI=1S/C16H23FN2O/c1-4-9-19-11-13-6-5-7-14(17)15(13)20-10-8-16(2,3)12-18/h5-7,19H,4,8-11H2,1-3H3. The van der Waals surface area contributed by atoms with E-state index in [1.54, 1.807) is 6.07 Å². The van der Waals surface area contributed by atoms with Crippen molar-refractivity contribution >= 4 is 0 Å². The summed E-state index contributed by atoms with van der Waals surface area (Å²) in [6.45, 7) is 7.59. The lowest BCUT2D eigenvalue weighted by molar-refractivity contribution is 0.252. The summed E-state index contributed by atoms with van der Waals surface area (Å²) < 4.78 is 19.4. The van der Waals surface area contributed by atoms with E-state index in [4.69, 9.17) is 10.00 Å². The molecule has 4 heteroatoms. The highest BCUT2D eigenvalue weighted by Crippen LogP contribution is 2.25. The summed E-state index contributed by atoms with van der Waals surface area (Å²) in [6, 6.07) is 7.15. The first kappa shape index (κ1) is 16.5. The van der Waals surface area contributed by atoms with Crippen LogP contribution in [0.3, 0.4) is 0 Å². The number of ether oxygens (including phenoxy) is 1. The highest BCUT2D eigenvalue weighted by atomic mass is 19.1. The molecule has 0 fully saturated rings. The van der Waals surface area contributed by atoms with Gasteiger partial charge in [0.2, 0.25) is 0 Å². The molecule has 1 aromatic rings. The minimum atomic E-state index is -0.452. The minimum Gasteiger partial charge on any atom is -0.490 e. The van der Waals surface area contributed by atoms with Crippen LogP contribution in [0.25, 0.3) is 0 Å². The van der Waals surface area contributed by atoms with Crippen molar-refractivity contribution in [3.8, 4) is 11.8 Å². The summed E-state index contributed by atoms with van der Waals surface area (Å²) in [7, 11) is 0. The molecule has 0 unspecified atom stereocenters. The molecule has 1 rings (SSSR count). The fourth-order valence-corrected chi connectivity index (χ4v) is 1.72. The Labute approximate surface area is 120 Å². The van der Waals surface area contributed by atoms with Gasteiger partial charge in [0.1, 0.15) is 0 Å². The molecule has 0 radical (unpaired) electrons. The topological polar surface area (TPSA) is 45.0 Å². The van der Waals surface area contributed by atoms with E-state index in [1.807, 2.05) is 19.9 Å². The van der Waals surface area contributed by atoms with Gasteiger partial charge in [-0.05, 0) is 39.3 Å². The molecule has 0 spiro atoms. The van der Waals surface area contributed by atoms with Crippen molar-refractivity contribution in [1.29, 1.82) is 5.26 Å². The maximum Gasteiger partial charge on any atom is 0.165 e. The molecule has 0 amide bonds. The maximum absolute atomic E-state index is 13.8. The molecule has 0 heterocycles. The maximum atomic E-state index is 13.8. The molecule has 0 aliphatic rings. The van der Waals surface area contributed by atoms with Gasteiger partial charge in [0.05, 0.1) is 18.1 Å². The lowest BCUT2D eigenvalue weighted by Crippen LogP contribution is -2.17. The molecule has 1 N–H and O–H groups in total. The molecular formula is C16H23FN2O. The second-order valence-electron chi connectivity index (χ2n) is 5.50. The van der Waals surface area contributed by atoms with Crippen LogP contribution in [0.15, 0.2) is 18.2 Å². The van der Waals surface area contributed by atoms with E-state index in [0.29, 0.717) is 25.3 Å². The quantitative estimate of drug-likeness (QED) is 0.738. The van der Waals surface area contributed by atoms with E-state index in [1.165, 1.54) is 6.07 Å². The number of nitriles is 1. The second kappa shape index (κ2) is 7.86. The number of para-hydroxylation sites is 1. The number of nitrogens with zero attached hydrogens (tertiary/aromatic N) is 1. The number of rotatable bonds is 8. The molecule has 3 nitrogen and oxygen atoms in total. The molecule has 0 aromatic heterocycles. The first-order valence-electron chi connectivity index (χ1n) is 7.02. The zero-order chi connectivity index (χ0) is 15.0. The van der Waals surface area contributed by atoms with Crippen LogP contribution in [0.2, 0.25) is 0 Å². The predicted molar refractivity (Wildman–Crippen MR) is 77.9 cm³/mol. The van der Waals surface area contributed by atoms with Gasteiger partial charge in [0.15, 0.2) is 11.6 Å². The van der Waals surface area contributed by atoms with Crippen molar-refractivity contribution in [3.63, 3.8) is 0 Å². The molecule has 20 heavy (non-hydrogen) atoms. The van der Waals surface area contributed by atoms with Gasteiger partial charge in [-0.2, -0.15) is 5.26 Å². The van der Waals surface area contributed by atoms with Crippen molar-refractivity contribution in [2.45, 2.75) is 40.2 Å². The third kappa shape index (κ3) is 5.18. The molecule has 0 aliphatic carbocycles. The lowest BCUT2D eigenvalue weighted by atomic mass is 9.92. The number of benzene rings is 1. The van der Waals surface area contributed by atoms with Crippen LogP contribution < -0.4 is 10.1 Å². The van der Waals surface area contributed by atoms with E-state index in [0.717, 1.165) is 18.5 Å². The number of hydrogen-bond acceptors (Lipinski definition) is 3. The molecule has 0 bridgehead atoms. The SMILES string of the molecule is CCCNCc1cccc(F)c1OCCC(C)(C)C#N. The van der Waals surface area contributed by atoms with Gasteiger partial charge in [0.25, 0.3) is 0 Å². The Morgan fingerprint density at radius 2 is 2.15 bits per heavy atom. The van der Waals surface area contributed by atoms with Gasteiger partial charge in [-0.3, -0.25) is 0 Å². The van der Waals surface area contributed by atoms with Crippen molar-refractivity contribution < 1.29 is 9.13 Å². The summed E-state index contributed by atoms with van der Waals surface area (Å²) in [6.07, 6.45) is 1.60. The van der Waals surface area contributed by atoms with E-state index < -0.39 is 5.41 Å². The monoisotopic (exact) mass is 278 g/mol. The average molecular weight is 278 g/mol. The Hall–Kier alpha value is -1.60. The molecule has 1 aromatic carbocycles. The van der Waals surface area contributed by atoms with Gasteiger partial charge in [0, 0.05) is 12.1 Å². The third-order valence-corrected chi connectivity index (χ3v) is 3.07. The second-order valence-corrected chi connectivity index (χ2v) is 5.50. The van der Waals surface area contributed by atoms with Crippen LogP contribution in [0.5, 0.6) is 5.75 Å². The minimum absolute atomic E-state index is 0.296. The lowest BCUT2D eigenvalue weighted by Gasteiger charge is -2.17. The average Bonchev–Trinajstić information content (AvgIpc) is 2.42. The van der Waals surface area contributed by atoms with Crippen LogP contribution in [-0.4, -0.2) is 13.2 Å². The fraction of sp³-hybridized carbons (Fsp3) is 0.562. The Kier molecular flexibility index (Phi) is 6.47. The third-order valence-electron chi connectivity index (χ3n) is 3.07. The van der Waals surface area contributed by atoms with Gasteiger partial charge in [-0.1, -0.05) is 19.1 Å². The zero-order valence-corrected chi connectivity index (χ0v) is 12.5. The first-order valence-corrected chi connectivity index (χ1v) is 7.02. The van der Waals surface area contributed by atoms with Crippen LogP contribution in [0.4, 0.5) is 4.39 Å². The Balaban J connectivity index is 2.66. The zero-order valence-electron chi connectivity index (χ0n) is 12.5. The molecule has 0 aliphatic heterocycles. The summed E-state index contributed by atoms with van der Waals surface area (Å²) in [5.41, 5.74) is 0.361. The Morgan fingerprint density at radius 1 is 1.40 bits per heavy atom. The Morgan fingerprint density at radius 3 is 2.80 bits per heavy atom. The van der Waals surface area contributed by atoms with E-state index in [-0.39, 0.29) is 5.82 Å². The van der Waals surface area contributed by atoms with Crippen LogP contribution in [0, 0.1) is 22.6 Å². The van der Waals surface area contributed by atoms with Gasteiger partial charge in [-0.25, -0.2) is 4.39 Å². The van der Waals surface area contributed by atoms with Gasteiger partial charge in [-0.15, -0.1) is 0 Å². The van der Waals surface area contributed by atoms with E-state index in [2.05, 4.69) is 18.3 Å². The van der Waals surface area contributed by atoms with E-state index in [9.17, 15) is 4.39 Å². The van der Waals surface area contributed by atoms with Crippen molar-refractivity contribution in [1.82, 2.24) is 5.32 Å². The summed E-state index contributed by atoms with van der Waals surface area (Å²) in [4.78, 5) is 0. The Bertz CT molecular complexity index is 466. The molecule has 0 saturated heterocycles. The highest BCUT2D eigenvalue weighted by molar-refractivity contribution is 5.34.